The van der Waals surface area contributed by atoms with E-state index in [1.54, 1.807) is 0 Å². The lowest BCUT2D eigenvalue weighted by Crippen LogP contribution is -2.22. The van der Waals surface area contributed by atoms with Crippen LogP contribution in [0.4, 0.5) is 14.5 Å². The zero-order chi connectivity index (χ0) is 12.3. The second kappa shape index (κ2) is 4.65. The number of anilines is 1. The molecule has 7 heteroatoms. The Balaban J connectivity index is 2.89. The number of nitrogens with zero attached hydrogens (tertiary/aromatic N) is 1. The van der Waals surface area contributed by atoms with Gasteiger partial charge in [0, 0.05) is 0 Å². The summed E-state index contributed by atoms with van der Waals surface area (Å²) in [6, 6.07) is 1.23. The van der Waals surface area contributed by atoms with E-state index in [-0.39, 0.29) is 11.3 Å². The molecule has 0 aliphatic heterocycles. The molecule has 0 unspecified atom stereocenters. The Morgan fingerprint density at radius 2 is 2.12 bits per heavy atom. The van der Waals surface area contributed by atoms with Crippen LogP contribution >= 0.6 is 0 Å². The number of hydrogen-bond acceptors (Lipinski definition) is 3. The van der Waals surface area contributed by atoms with Crippen LogP contribution in [0.15, 0.2) is 12.3 Å². The molecule has 86 valence electrons. The molecule has 0 bridgehead atoms. The molecule has 1 aromatic rings. The largest absolute Gasteiger partial charge is 0.474 e. The Kier molecular flexibility index (Phi) is 3.49. The van der Waals surface area contributed by atoms with E-state index in [0.29, 0.717) is 0 Å². The molecule has 0 aliphatic rings. The van der Waals surface area contributed by atoms with Crippen LogP contribution in [0.1, 0.15) is 17.7 Å². The Hall–Kier alpha value is -2.05. The van der Waals surface area contributed by atoms with Crippen LogP contribution in [0.5, 0.6) is 0 Å². The van der Waals surface area contributed by atoms with Crippen molar-refractivity contribution in [2.24, 2.45) is 0 Å². The maximum atomic E-state index is 12.3. The molecular weight excluding hydrogens is 222 g/mol. The number of aromatic nitrogens is 1. The predicted octanol–water partition coefficient (Wildman–Crippen LogP) is 1.35. The van der Waals surface area contributed by atoms with Gasteiger partial charge in [0.15, 0.2) is 0 Å². The Labute approximate surface area is 89.1 Å². The minimum absolute atomic E-state index is 0.0642. The summed E-state index contributed by atoms with van der Waals surface area (Å²) in [4.78, 5) is 24.4. The maximum Gasteiger partial charge on any atom is 0.394 e. The van der Waals surface area contributed by atoms with Crippen LogP contribution < -0.4 is 5.32 Å². The third-order valence-electron chi connectivity index (χ3n) is 1.78. The first-order valence-corrected chi connectivity index (χ1v) is 4.20. The molecule has 1 amide bonds. The average Bonchev–Trinajstić information content (AvgIpc) is 2.16. The van der Waals surface area contributed by atoms with E-state index in [9.17, 15) is 18.4 Å². The number of carbonyl (C=O) groups excluding carboxylic acids is 1. The molecule has 0 saturated carbocycles. The highest BCUT2D eigenvalue weighted by molar-refractivity contribution is 6.36. The number of pyridine rings is 1. The fraction of sp³-hybridized carbons (Fsp3) is 0.222. The third-order valence-corrected chi connectivity index (χ3v) is 1.78. The molecule has 1 aromatic heterocycles. The summed E-state index contributed by atoms with van der Waals surface area (Å²) < 4.78 is 24.6. The average molecular weight is 230 g/mol. The van der Waals surface area contributed by atoms with Gasteiger partial charge in [-0.25, -0.2) is 13.6 Å². The van der Waals surface area contributed by atoms with E-state index in [4.69, 9.17) is 5.11 Å². The zero-order valence-corrected chi connectivity index (χ0v) is 8.20. The first-order chi connectivity index (χ1) is 7.41. The van der Waals surface area contributed by atoms with Crippen LogP contribution in [-0.4, -0.2) is 22.0 Å². The Morgan fingerprint density at radius 1 is 1.50 bits per heavy atom. The van der Waals surface area contributed by atoms with Crippen LogP contribution in [0.25, 0.3) is 0 Å². The summed E-state index contributed by atoms with van der Waals surface area (Å²) in [5.41, 5.74) is -0.152. The number of amides is 1. The van der Waals surface area contributed by atoms with Crippen molar-refractivity contribution in [3.63, 3.8) is 0 Å². The first kappa shape index (κ1) is 12.0. The summed E-state index contributed by atoms with van der Waals surface area (Å²) in [6.45, 7) is 1.39. The van der Waals surface area contributed by atoms with Crippen molar-refractivity contribution in [1.82, 2.24) is 4.98 Å². The van der Waals surface area contributed by atoms with Crippen LogP contribution in [0.3, 0.4) is 0 Å². The second-order valence-corrected chi connectivity index (χ2v) is 2.99. The quantitative estimate of drug-likeness (QED) is 0.751. The van der Waals surface area contributed by atoms with E-state index < -0.39 is 24.0 Å². The van der Waals surface area contributed by atoms with E-state index in [0.717, 1.165) is 6.20 Å². The van der Waals surface area contributed by atoms with Gasteiger partial charge in [0.05, 0.1) is 11.9 Å². The summed E-state index contributed by atoms with van der Waals surface area (Å²) in [5, 5.41) is 10.3. The SMILES string of the molecule is Cc1cc(NC(=O)C(=O)O)cnc1C(F)F. The molecule has 0 saturated heterocycles. The minimum Gasteiger partial charge on any atom is -0.474 e. The van der Waals surface area contributed by atoms with E-state index in [1.807, 2.05) is 5.32 Å². The summed E-state index contributed by atoms with van der Waals surface area (Å²) >= 11 is 0. The number of rotatable bonds is 2. The fourth-order valence-electron chi connectivity index (χ4n) is 1.07. The van der Waals surface area contributed by atoms with Gasteiger partial charge in [0.2, 0.25) is 0 Å². The smallest absolute Gasteiger partial charge is 0.394 e. The zero-order valence-electron chi connectivity index (χ0n) is 8.20. The minimum atomic E-state index is -2.70. The van der Waals surface area contributed by atoms with Crippen molar-refractivity contribution in [3.05, 3.63) is 23.5 Å². The number of carbonyl (C=O) groups is 2. The van der Waals surface area contributed by atoms with E-state index in [1.165, 1.54) is 13.0 Å². The van der Waals surface area contributed by atoms with Gasteiger partial charge in [-0.3, -0.25) is 9.78 Å². The standard InChI is InChI=1S/C9H8F2N2O3/c1-4-2-5(13-8(14)9(15)16)3-12-6(4)7(10)11/h2-3,7H,1H3,(H,13,14)(H,15,16). The number of carboxylic acid groups (broad SMARTS) is 1. The molecule has 1 rings (SSSR count). The molecule has 0 aliphatic carbocycles. The number of carboxylic acids is 1. The second-order valence-electron chi connectivity index (χ2n) is 2.99. The monoisotopic (exact) mass is 230 g/mol. The number of aliphatic carboxylic acids is 1. The van der Waals surface area contributed by atoms with E-state index in [2.05, 4.69) is 4.98 Å². The number of hydrogen-bond donors (Lipinski definition) is 2. The molecule has 0 radical (unpaired) electrons. The third kappa shape index (κ3) is 2.72. The molecule has 5 nitrogen and oxygen atoms in total. The number of halogens is 2. The van der Waals surface area contributed by atoms with Gasteiger partial charge >= 0.3 is 11.9 Å². The predicted molar refractivity (Wildman–Crippen MR) is 50.2 cm³/mol. The van der Waals surface area contributed by atoms with Crippen LogP contribution in [0.2, 0.25) is 0 Å². The highest BCUT2D eigenvalue weighted by atomic mass is 19.3. The fourth-order valence-corrected chi connectivity index (χ4v) is 1.07. The molecule has 2 N–H and O–H groups in total. The molecule has 0 aromatic carbocycles. The van der Waals surface area contributed by atoms with Crippen molar-refractivity contribution >= 4 is 17.6 Å². The number of alkyl halides is 2. The summed E-state index contributed by atoms with van der Waals surface area (Å²) in [6.07, 6.45) is -1.72. The van der Waals surface area contributed by atoms with E-state index >= 15 is 0 Å². The van der Waals surface area contributed by atoms with Gasteiger partial charge in [0.25, 0.3) is 6.43 Å². The summed E-state index contributed by atoms with van der Waals surface area (Å²) in [7, 11) is 0. The van der Waals surface area contributed by atoms with Crippen molar-refractivity contribution < 1.29 is 23.5 Å². The topological polar surface area (TPSA) is 79.3 Å². The van der Waals surface area contributed by atoms with Gasteiger partial charge in [-0.1, -0.05) is 0 Å². The van der Waals surface area contributed by atoms with Crippen molar-refractivity contribution in [2.75, 3.05) is 5.32 Å². The maximum absolute atomic E-state index is 12.3. The van der Waals surface area contributed by atoms with Crippen molar-refractivity contribution in [1.29, 1.82) is 0 Å². The van der Waals surface area contributed by atoms with Gasteiger partial charge < -0.3 is 10.4 Å². The lowest BCUT2D eigenvalue weighted by Gasteiger charge is -2.06. The lowest BCUT2D eigenvalue weighted by molar-refractivity contribution is -0.147. The van der Waals surface area contributed by atoms with Gasteiger partial charge in [0.1, 0.15) is 5.69 Å². The van der Waals surface area contributed by atoms with Crippen molar-refractivity contribution in [3.8, 4) is 0 Å². The van der Waals surface area contributed by atoms with Crippen LogP contribution in [-0.2, 0) is 9.59 Å². The molecule has 0 atom stereocenters. The highest BCUT2D eigenvalue weighted by Crippen LogP contribution is 2.22. The highest BCUT2D eigenvalue weighted by Gasteiger charge is 2.15. The van der Waals surface area contributed by atoms with Gasteiger partial charge in [-0.2, -0.15) is 0 Å². The Bertz CT molecular complexity index is 435. The Morgan fingerprint density at radius 3 is 2.56 bits per heavy atom. The van der Waals surface area contributed by atoms with Crippen LogP contribution in [0, 0.1) is 6.92 Å². The first-order valence-electron chi connectivity index (χ1n) is 4.20. The lowest BCUT2D eigenvalue weighted by atomic mass is 10.2. The molecular formula is C9H8F2N2O3. The normalized spacial score (nSPS) is 10.2. The molecule has 0 fully saturated rings. The van der Waals surface area contributed by atoms with Gasteiger partial charge in [-0.15, -0.1) is 0 Å². The van der Waals surface area contributed by atoms with Crippen molar-refractivity contribution in [2.45, 2.75) is 13.3 Å². The number of aryl methyl sites for hydroxylation is 1. The molecule has 0 spiro atoms. The number of nitrogens with one attached hydrogen (secondary N) is 1. The molecule has 1 heterocycles. The molecule has 16 heavy (non-hydrogen) atoms. The van der Waals surface area contributed by atoms with Gasteiger partial charge in [-0.05, 0) is 18.6 Å². The summed E-state index contributed by atoms with van der Waals surface area (Å²) in [5.74, 6) is -2.90.